The van der Waals surface area contributed by atoms with Crippen molar-refractivity contribution in [2.45, 2.75) is 39.8 Å². The Balaban J connectivity index is 2.43. The first-order valence-corrected chi connectivity index (χ1v) is 5.86. The fourth-order valence-corrected chi connectivity index (χ4v) is 1.54. The van der Waals surface area contributed by atoms with E-state index in [0.29, 0.717) is 0 Å². The highest BCUT2D eigenvalue weighted by Gasteiger charge is 2.12. The molecule has 0 radical (unpaired) electrons. The molecule has 1 aromatic heterocycles. The second kappa shape index (κ2) is 7.29. The summed E-state index contributed by atoms with van der Waals surface area (Å²) in [6, 6.07) is 0.187. The van der Waals surface area contributed by atoms with Crippen LogP contribution >= 0.6 is 0 Å². The summed E-state index contributed by atoms with van der Waals surface area (Å²) in [5.41, 5.74) is 0. The van der Waals surface area contributed by atoms with Crippen LogP contribution in [0.3, 0.4) is 0 Å². The van der Waals surface area contributed by atoms with Crippen molar-refractivity contribution in [1.29, 1.82) is 0 Å². The van der Waals surface area contributed by atoms with E-state index in [2.05, 4.69) is 34.7 Å². The number of hydrogen-bond acceptors (Lipinski definition) is 5. The standard InChI is InChI=1S/C10H21N5O/c1-4-11-9(3)10-12-13-14-15(10)7-6-8-16-5-2/h9,11H,4-8H2,1-3H3. The molecule has 0 saturated carbocycles. The summed E-state index contributed by atoms with van der Waals surface area (Å²) in [6.07, 6.45) is 0.935. The van der Waals surface area contributed by atoms with Gasteiger partial charge in [0.2, 0.25) is 0 Å². The molecule has 0 aliphatic rings. The van der Waals surface area contributed by atoms with Crippen LogP contribution in [0, 0.1) is 0 Å². The molecule has 1 aromatic rings. The van der Waals surface area contributed by atoms with Crippen LogP contribution in [0.4, 0.5) is 0 Å². The maximum Gasteiger partial charge on any atom is 0.167 e. The lowest BCUT2D eigenvalue weighted by Gasteiger charge is -2.11. The molecule has 0 fully saturated rings. The van der Waals surface area contributed by atoms with Crippen LogP contribution in [0.15, 0.2) is 0 Å². The molecular weight excluding hydrogens is 206 g/mol. The van der Waals surface area contributed by atoms with Crippen molar-refractivity contribution < 1.29 is 4.74 Å². The van der Waals surface area contributed by atoms with E-state index in [0.717, 1.165) is 38.5 Å². The van der Waals surface area contributed by atoms with E-state index in [1.54, 1.807) is 0 Å². The number of hydrogen-bond donors (Lipinski definition) is 1. The minimum absolute atomic E-state index is 0.187. The highest BCUT2D eigenvalue weighted by Crippen LogP contribution is 2.07. The van der Waals surface area contributed by atoms with Crippen LogP contribution in [0.5, 0.6) is 0 Å². The van der Waals surface area contributed by atoms with Gasteiger partial charge in [0.15, 0.2) is 5.82 Å². The highest BCUT2D eigenvalue weighted by atomic mass is 16.5. The van der Waals surface area contributed by atoms with Gasteiger partial charge in [0.05, 0.1) is 6.04 Å². The van der Waals surface area contributed by atoms with Crippen LogP contribution in [-0.4, -0.2) is 40.0 Å². The van der Waals surface area contributed by atoms with E-state index in [4.69, 9.17) is 4.74 Å². The van der Waals surface area contributed by atoms with E-state index in [-0.39, 0.29) is 6.04 Å². The largest absolute Gasteiger partial charge is 0.382 e. The van der Waals surface area contributed by atoms with Gasteiger partial charge in [-0.15, -0.1) is 5.10 Å². The van der Waals surface area contributed by atoms with Crippen molar-refractivity contribution in [3.05, 3.63) is 5.82 Å². The fraction of sp³-hybridized carbons (Fsp3) is 0.900. The minimum Gasteiger partial charge on any atom is -0.382 e. The zero-order valence-corrected chi connectivity index (χ0v) is 10.3. The van der Waals surface area contributed by atoms with Crippen molar-refractivity contribution in [1.82, 2.24) is 25.5 Å². The maximum absolute atomic E-state index is 5.28. The summed E-state index contributed by atoms with van der Waals surface area (Å²) in [7, 11) is 0. The van der Waals surface area contributed by atoms with Crippen LogP contribution in [0.1, 0.15) is 39.1 Å². The molecule has 0 saturated heterocycles. The van der Waals surface area contributed by atoms with Crippen molar-refractivity contribution >= 4 is 0 Å². The van der Waals surface area contributed by atoms with Crippen LogP contribution in [0.2, 0.25) is 0 Å². The van der Waals surface area contributed by atoms with Crippen molar-refractivity contribution in [3.63, 3.8) is 0 Å². The summed E-state index contributed by atoms with van der Waals surface area (Å²) >= 11 is 0. The number of rotatable bonds is 8. The van der Waals surface area contributed by atoms with Gasteiger partial charge in [0, 0.05) is 19.8 Å². The Morgan fingerprint density at radius 3 is 2.94 bits per heavy atom. The normalized spacial score (nSPS) is 12.9. The van der Waals surface area contributed by atoms with Gasteiger partial charge in [-0.3, -0.25) is 0 Å². The third-order valence-corrected chi connectivity index (χ3v) is 2.32. The Hall–Kier alpha value is -1.01. The molecule has 92 valence electrons. The molecule has 6 heteroatoms. The molecule has 0 spiro atoms. The third kappa shape index (κ3) is 3.86. The maximum atomic E-state index is 5.28. The van der Waals surface area contributed by atoms with Gasteiger partial charge >= 0.3 is 0 Å². The molecular formula is C10H21N5O. The van der Waals surface area contributed by atoms with Gasteiger partial charge in [0.1, 0.15) is 0 Å². The van der Waals surface area contributed by atoms with E-state index in [1.807, 2.05) is 11.6 Å². The first-order valence-electron chi connectivity index (χ1n) is 5.86. The molecule has 0 bridgehead atoms. The van der Waals surface area contributed by atoms with Gasteiger partial charge in [-0.2, -0.15) is 0 Å². The molecule has 0 aliphatic heterocycles. The quantitative estimate of drug-likeness (QED) is 0.665. The predicted octanol–water partition coefficient (Wildman–Crippen LogP) is 0.770. The molecule has 6 nitrogen and oxygen atoms in total. The molecule has 0 aromatic carbocycles. The first kappa shape index (κ1) is 13.1. The molecule has 0 amide bonds. The zero-order chi connectivity index (χ0) is 11.8. The Morgan fingerprint density at radius 2 is 2.25 bits per heavy atom. The Kier molecular flexibility index (Phi) is 5.95. The number of aryl methyl sites for hydroxylation is 1. The molecule has 1 heterocycles. The molecule has 1 rings (SSSR count). The lowest BCUT2D eigenvalue weighted by atomic mass is 10.3. The number of nitrogens with one attached hydrogen (secondary N) is 1. The zero-order valence-electron chi connectivity index (χ0n) is 10.3. The predicted molar refractivity (Wildman–Crippen MR) is 61.0 cm³/mol. The Labute approximate surface area is 96.4 Å². The van der Waals surface area contributed by atoms with Crippen LogP contribution in [-0.2, 0) is 11.3 Å². The highest BCUT2D eigenvalue weighted by molar-refractivity contribution is 4.89. The van der Waals surface area contributed by atoms with E-state index in [1.165, 1.54) is 0 Å². The van der Waals surface area contributed by atoms with Gasteiger partial charge in [-0.1, -0.05) is 6.92 Å². The van der Waals surface area contributed by atoms with Gasteiger partial charge in [-0.05, 0) is 37.2 Å². The number of aromatic nitrogens is 4. The van der Waals surface area contributed by atoms with Crippen LogP contribution in [0.25, 0.3) is 0 Å². The van der Waals surface area contributed by atoms with Crippen LogP contribution < -0.4 is 5.32 Å². The lowest BCUT2D eigenvalue weighted by Crippen LogP contribution is -2.22. The number of tetrazole rings is 1. The summed E-state index contributed by atoms with van der Waals surface area (Å²) in [5.74, 6) is 0.887. The third-order valence-electron chi connectivity index (χ3n) is 2.32. The fourth-order valence-electron chi connectivity index (χ4n) is 1.54. The molecule has 1 N–H and O–H groups in total. The smallest absolute Gasteiger partial charge is 0.167 e. The average Bonchev–Trinajstić information content (AvgIpc) is 2.73. The SMILES string of the molecule is CCNC(C)c1nnnn1CCCOCC. The number of nitrogens with zero attached hydrogens (tertiary/aromatic N) is 4. The first-order chi connectivity index (χ1) is 7.79. The topological polar surface area (TPSA) is 64.9 Å². The summed E-state index contributed by atoms with van der Waals surface area (Å²) < 4.78 is 7.12. The van der Waals surface area contributed by atoms with Gasteiger partial charge in [-0.25, -0.2) is 4.68 Å². The molecule has 16 heavy (non-hydrogen) atoms. The van der Waals surface area contributed by atoms with Gasteiger partial charge < -0.3 is 10.1 Å². The van der Waals surface area contributed by atoms with E-state index >= 15 is 0 Å². The second-order valence-electron chi connectivity index (χ2n) is 3.59. The summed E-state index contributed by atoms with van der Waals surface area (Å²) in [4.78, 5) is 0. The average molecular weight is 227 g/mol. The molecule has 1 atom stereocenters. The van der Waals surface area contributed by atoms with Gasteiger partial charge in [0.25, 0.3) is 0 Å². The van der Waals surface area contributed by atoms with Crippen molar-refractivity contribution in [2.75, 3.05) is 19.8 Å². The Morgan fingerprint density at radius 1 is 1.44 bits per heavy atom. The Bertz CT molecular complexity index is 288. The summed E-state index contributed by atoms with van der Waals surface area (Å²) in [5, 5.41) is 15.0. The summed E-state index contributed by atoms with van der Waals surface area (Å²) in [6.45, 7) is 9.36. The number of ether oxygens (including phenoxy) is 1. The monoisotopic (exact) mass is 227 g/mol. The molecule has 0 aliphatic carbocycles. The lowest BCUT2D eigenvalue weighted by molar-refractivity contribution is 0.140. The van der Waals surface area contributed by atoms with E-state index < -0.39 is 0 Å². The van der Waals surface area contributed by atoms with Crippen molar-refractivity contribution in [3.8, 4) is 0 Å². The second-order valence-corrected chi connectivity index (χ2v) is 3.59. The van der Waals surface area contributed by atoms with E-state index in [9.17, 15) is 0 Å². The molecule has 1 unspecified atom stereocenters. The minimum atomic E-state index is 0.187. The van der Waals surface area contributed by atoms with Crippen molar-refractivity contribution in [2.24, 2.45) is 0 Å².